The van der Waals surface area contributed by atoms with Gasteiger partial charge in [0.1, 0.15) is 6.61 Å². The highest BCUT2D eigenvalue weighted by atomic mass is 79.9. The number of aliphatic hydroxyl groups excluding tert-OH is 1. The smallest absolute Gasteiger partial charge is 0.306 e. The zero-order chi connectivity index (χ0) is 25.3. The van der Waals surface area contributed by atoms with Crippen molar-refractivity contribution >= 4 is 43.8 Å². The highest BCUT2D eigenvalue weighted by Gasteiger charge is 2.02. The first-order valence-corrected chi connectivity index (χ1v) is 13.8. The lowest BCUT2D eigenvalue weighted by Gasteiger charge is -2.04. The molecule has 0 atom stereocenters. The van der Waals surface area contributed by atoms with Gasteiger partial charge in [0, 0.05) is 23.5 Å². The lowest BCUT2D eigenvalue weighted by atomic mass is 10.2. The molecular weight excluding hydrogens is 564 g/mol. The van der Waals surface area contributed by atoms with E-state index >= 15 is 0 Å². The molecule has 34 heavy (non-hydrogen) atoms. The van der Waals surface area contributed by atoms with Gasteiger partial charge >= 0.3 is 11.9 Å². The number of methoxy groups -OCH3 is 1. The molecule has 0 fully saturated rings. The Morgan fingerprint density at radius 3 is 1.59 bits per heavy atom. The van der Waals surface area contributed by atoms with Crippen molar-refractivity contribution in [2.75, 3.05) is 17.8 Å². The average Bonchev–Trinajstić information content (AvgIpc) is 2.89. The molecular formula is C27H38Br2O5. The van der Waals surface area contributed by atoms with Gasteiger partial charge in [-0.1, -0.05) is 105 Å². The fourth-order valence-electron chi connectivity index (χ4n) is 2.58. The Kier molecular flexibility index (Phi) is 23.2. The van der Waals surface area contributed by atoms with E-state index in [9.17, 15) is 9.59 Å². The van der Waals surface area contributed by atoms with E-state index in [-0.39, 0.29) is 18.5 Å². The van der Waals surface area contributed by atoms with E-state index < -0.39 is 0 Å². The van der Waals surface area contributed by atoms with Crippen LogP contribution in [-0.2, 0) is 32.3 Å². The molecule has 2 rings (SSSR count). The molecule has 0 aromatic heterocycles. The van der Waals surface area contributed by atoms with Gasteiger partial charge < -0.3 is 14.6 Å². The Labute approximate surface area is 221 Å². The molecule has 5 nitrogen and oxygen atoms in total. The molecule has 0 unspecified atom stereocenters. The third-order valence-electron chi connectivity index (χ3n) is 4.52. The molecule has 0 bridgehead atoms. The summed E-state index contributed by atoms with van der Waals surface area (Å²) in [7, 11) is 1.42. The van der Waals surface area contributed by atoms with Crippen LogP contribution in [0, 0.1) is 0 Å². The number of carbonyl (C=O) groups is 2. The minimum atomic E-state index is -0.102. The van der Waals surface area contributed by atoms with Crippen molar-refractivity contribution in [1.29, 1.82) is 0 Å². The summed E-state index contributed by atoms with van der Waals surface area (Å²) < 4.78 is 9.64. The van der Waals surface area contributed by atoms with Crippen molar-refractivity contribution in [3.63, 3.8) is 0 Å². The zero-order valence-corrected chi connectivity index (χ0v) is 23.3. The zero-order valence-electron chi connectivity index (χ0n) is 20.1. The van der Waals surface area contributed by atoms with Gasteiger partial charge in [-0.2, -0.15) is 0 Å². The van der Waals surface area contributed by atoms with Crippen LogP contribution in [-0.4, -0.2) is 34.8 Å². The number of ether oxygens (including phenoxy) is 2. The third-order valence-corrected chi connectivity index (χ3v) is 5.65. The second-order valence-electron chi connectivity index (χ2n) is 7.37. The van der Waals surface area contributed by atoms with Gasteiger partial charge in [0.2, 0.25) is 0 Å². The predicted molar refractivity (Wildman–Crippen MR) is 145 cm³/mol. The second-order valence-corrected chi connectivity index (χ2v) is 8.95. The first kappa shape index (κ1) is 32.3. The summed E-state index contributed by atoms with van der Waals surface area (Å²) in [6, 6.07) is 19.3. The van der Waals surface area contributed by atoms with Gasteiger partial charge in [0.15, 0.2) is 0 Å². The monoisotopic (exact) mass is 600 g/mol. The number of unbranched alkanes of at least 4 members (excludes halogenated alkanes) is 4. The molecule has 0 aliphatic carbocycles. The molecule has 0 saturated heterocycles. The minimum absolute atomic E-state index is 0.0987. The van der Waals surface area contributed by atoms with Crippen LogP contribution in [0.25, 0.3) is 0 Å². The number of benzene rings is 2. The molecule has 2 aromatic rings. The van der Waals surface area contributed by atoms with E-state index in [0.29, 0.717) is 19.4 Å². The quantitative estimate of drug-likeness (QED) is 0.152. The molecule has 2 aromatic carbocycles. The van der Waals surface area contributed by atoms with Crippen molar-refractivity contribution in [2.45, 2.75) is 64.6 Å². The molecule has 190 valence electrons. The largest absolute Gasteiger partial charge is 0.469 e. The fourth-order valence-corrected chi connectivity index (χ4v) is 3.37. The van der Waals surface area contributed by atoms with Crippen LogP contribution < -0.4 is 0 Å². The fraction of sp³-hybridized carbons (Fsp3) is 0.481. The first-order valence-electron chi connectivity index (χ1n) is 11.6. The molecule has 1 N–H and O–H groups in total. The average molecular weight is 602 g/mol. The standard InChI is InChI=1S/C13H17BrO2.C7H13BrO2.C7H8O/c14-10-6-2-5-9-13(15)16-11-12-7-3-1-4-8-12;1-10-7(9)5-3-2-4-6-8;8-6-7-4-2-1-3-5-7/h1,3-4,7-8H,2,5-6,9-11H2;2-6H2,1H3;1-5,8H,6H2. The van der Waals surface area contributed by atoms with Crippen LogP contribution in [0.5, 0.6) is 0 Å². The van der Waals surface area contributed by atoms with Gasteiger partial charge in [-0.05, 0) is 36.8 Å². The van der Waals surface area contributed by atoms with E-state index in [0.717, 1.165) is 60.3 Å². The molecule has 0 radical (unpaired) electrons. The first-order chi connectivity index (χ1) is 16.6. The Morgan fingerprint density at radius 1 is 0.706 bits per heavy atom. The van der Waals surface area contributed by atoms with E-state index in [1.165, 1.54) is 7.11 Å². The van der Waals surface area contributed by atoms with Gasteiger partial charge in [-0.15, -0.1) is 0 Å². The van der Waals surface area contributed by atoms with Crippen LogP contribution in [0.15, 0.2) is 60.7 Å². The number of carbonyl (C=O) groups excluding carboxylic acids is 2. The van der Waals surface area contributed by atoms with Crippen LogP contribution in [0.1, 0.15) is 62.5 Å². The van der Waals surface area contributed by atoms with E-state index in [2.05, 4.69) is 36.6 Å². The summed E-state index contributed by atoms with van der Waals surface area (Å²) in [4.78, 5) is 21.9. The number of aliphatic hydroxyl groups is 1. The molecule has 0 aliphatic rings. The molecule has 0 amide bonds. The maximum atomic E-state index is 11.3. The van der Waals surface area contributed by atoms with E-state index in [4.69, 9.17) is 9.84 Å². The molecule has 0 heterocycles. The molecule has 0 aliphatic heterocycles. The van der Waals surface area contributed by atoms with Crippen LogP contribution >= 0.6 is 31.9 Å². The van der Waals surface area contributed by atoms with Crippen molar-refractivity contribution in [1.82, 2.24) is 0 Å². The Morgan fingerprint density at radius 2 is 1.18 bits per heavy atom. The number of hydrogen-bond acceptors (Lipinski definition) is 5. The van der Waals surface area contributed by atoms with Crippen molar-refractivity contribution in [3.8, 4) is 0 Å². The Bertz CT molecular complexity index is 726. The summed E-state index contributed by atoms with van der Waals surface area (Å²) in [5.41, 5.74) is 2.00. The van der Waals surface area contributed by atoms with Crippen LogP contribution in [0.2, 0.25) is 0 Å². The number of rotatable bonds is 13. The second kappa shape index (κ2) is 24.4. The molecule has 0 spiro atoms. The van der Waals surface area contributed by atoms with Crippen molar-refractivity contribution in [2.24, 2.45) is 0 Å². The van der Waals surface area contributed by atoms with Crippen molar-refractivity contribution in [3.05, 3.63) is 71.8 Å². The summed E-state index contributed by atoms with van der Waals surface area (Å²) in [5.74, 6) is -0.201. The van der Waals surface area contributed by atoms with Crippen LogP contribution in [0.3, 0.4) is 0 Å². The summed E-state index contributed by atoms with van der Waals surface area (Å²) in [6.07, 6.45) is 7.37. The molecule has 7 heteroatoms. The SMILES string of the molecule is COC(=O)CCCCCBr.O=C(CCCCCBr)OCc1ccccc1.OCc1ccccc1. The number of alkyl halides is 2. The number of halogens is 2. The predicted octanol–water partition coefficient (Wildman–Crippen LogP) is 6.98. The lowest BCUT2D eigenvalue weighted by Crippen LogP contribution is -2.04. The Balaban J connectivity index is 0.000000519. The van der Waals surface area contributed by atoms with E-state index in [1.807, 2.05) is 60.7 Å². The van der Waals surface area contributed by atoms with Crippen molar-refractivity contribution < 1.29 is 24.2 Å². The highest BCUT2D eigenvalue weighted by Crippen LogP contribution is 2.06. The van der Waals surface area contributed by atoms with Gasteiger partial charge in [-0.25, -0.2) is 0 Å². The van der Waals surface area contributed by atoms with Gasteiger partial charge in [0.05, 0.1) is 13.7 Å². The highest BCUT2D eigenvalue weighted by molar-refractivity contribution is 9.09. The normalized spacial score (nSPS) is 9.65. The van der Waals surface area contributed by atoms with Crippen LogP contribution in [0.4, 0.5) is 0 Å². The third kappa shape index (κ3) is 20.9. The summed E-state index contributed by atoms with van der Waals surface area (Å²) >= 11 is 6.68. The summed E-state index contributed by atoms with van der Waals surface area (Å²) in [6.45, 7) is 0.527. The maximum Gasteiger partial charge on any atom is 0.306 e. The van der Waals surface area contributed by atoms with E-state index in [1.54, 1.807) is 0 Å². The minimum Gasteiger partial charge on any atom is -0.469 e. The Hall–Kier alpha value is -1.70. The topological polar surface area (TPSA) is 72.8 Å². The number of esters is 2. The van der Waals surface area contributed by atoms with Gasteiger partial charge in [-0.3, -0.25) is 9.59 Å². The summed E-state index contributed by atoms with van der Waals surface area (Å²) in [5, 5.41) is 10.6. The number of hydrogen-bond donors (Lipinski definition) is 1. The van der Waals surface area contributed by atoms with Gasteiger partial charge in [0.25, 0.3) is 0 Å². The maximum absolute atomic E-state index is 11.3. The molecule has 0 saturated carbocycles. The lowest BCUT2D eigenvalue weighted by molar-refractivity contribution is -0.145.